The van der Waals surface area contributed by atoms with E-state index in [1.807, 2.05) is 0 Å². The van der Waals surface area contributed by atoms with Crippen molar-refractivity contribution >= 4 is 18.0 Å². The zero-order chi connectivity index (χ0) is 17.3. The molecule has 128 valence electrons. The van der Waals surface area contributed by atoms with Crippen molar-refractivity contribution in [3.8, 4) is 0 Å². The van der Waals surface area contributed by atoms with E-state index in [0.29, 0.717) is 18.9 Å². The summed E-state index contributed by atoms with van der Waals surface area (Å²) in [4.78, 5) is 31.6. The van der Waals surface area contributed by atoms with Crippen LogP contribution >= 0.6 is 0 Å². The van der Waals surface area contributed by atoms with E-state index in [1.165, 1.54) is 0 Å². The van der Waals surface area contributed by atoms with Crippen molar-refractivity contribution in [2.75, 3.05) is 18.5 Å². The Bertz CT molecular complexity index is 502. The molecule has 2 N–H and O–H groups in total. The zero-order valence-corrected chi connectivity index (χ0v) is 14.0. The maximum atomic E-state index is 11.9. The largest absolute Gasteiger partial charge is 0.462 e. The summed E-state index contributed by atoms with van der Waals surface area (Å²) in [7, 11) is 0. The second-order valence-corrected chi connectivity index (χ2v) is 5.77. The Morgan fingerprint density at radius 2 is 1.91 bits per heavy atom. The van der Waals surface area contributed by atoms with Crippen LogP contribution in [0.3, 0.4) is 0 Å². The highest BCUT2D eigenvalue weighted by Gasteiger charge is 2.23. The van der Waals surface area contributed by atoms with Gasteiger partial charge in [0.1, 0.15) is 18.2 Å². The first-order valence-corrected chi connectivity index (χ1v) is 7.49. The van der Waals surface area contributed by atoms with Crippen molar-refractivity contribution < 1.29 is 19.1 Å². The van der Waals surface area contributed by atoms with Crippen molar-refractivity contribution in [3.63, 3.8) is 0 Å². The average Bonchev–Trinajstić information content (AvgIpc) is 2.48. The number of aromatic nitrogens is 2. The number of esters is 1. The number of alkyl carbamates (subject to hydrolysis) is 1. The SMILES string of the molecule is CC[C@H](NC(=O)OC(C)(C)C)C(=O)OCCNc1ncccn1. The van der Waals surface area contributed by atoms with Crippen molar-refractivity contribution in [2.24, 2.45) is 0 Å². The van der Waals surface area contributed by atoms with Gasteiger partial charge < -0.3 is 20.1 Å². The Kier molecular flexibility index (Phi) is 7.24. The molecule has 1 atom stereocenters. The van der Waals surface area contributed by atoms with E-state index in [9.17, 15) is 9.59 Å². The first-order valence-electron chi connectivity index (χ1n) is 7.49. The summed E-state index contributed by atoms with van der Waals surface area (Å²) in [5.41, 5.74) is -0.619. The Labute approximate surface area is 136 Å². The summed E-state index contributed by atoms with van der Waals surface area (Å²) < 4.78 is 10.2. The summed E-state index contributed by atoms with van der Waals surface area (Å²) in [5.74, 6) is -0.0448. The number of hydrogen-bond donors (Lipinski definition) is 2. The van der Waals surface area contributed by atoms with Gasteiger partial charge in [-0.1, -0.05) is 6.92 Å². The van der Waals surface area contributed by atoms with Gasteiger partial charge in [-0.2, -0.15) is 0 Å². The van der Waals surface area contributed by atoms with Gasteiger partial charge in [-0.3, -0.25) is 0 Å². The fourth-order valence-electron chi connectivity index (χ4n) is 1.58. The lowest BCUT2D eigenvalue weighted by atomic mass is 10.2. The Balaban J connectivity index is 2.32. The Hall–Kier alpha value is -2.38. The zero-order valence-electron chi connectivity index (χ0n) is 14.0. The maximum Gasteiger partial charge on any atom is 0.408 e. The number of rotatable bonds is 7. The molecule has 0 saturated carbocycles. The lowest BCUT2D eigenvalue weighted by molar-refractivity contribution is -0.145. The number of nitrogens with one attached hydrogen (secondary N) is 2. The van der Waals surface area contributed by atoms with Crippen LogP contribution in [0, 0.1) is 0 Å². The molecule has 0 unspecified atom stereocenters. The number of nitrogens with zero attached hydrogens (tertiary/aromatic N) is 2. The first-order chi connectivity index (χ1) is 10.8. The van der Waals surface area contributed by atoms with Crippen LogP contribution < -0.4 is 10.6 Å². The second-order valence-electron chi connectivity index (χ2n) is 5.77. The molecule has 0 aliphatic heterocycles. The van der Waals surface area contributed by atoms with E-state index in [-0.39, 0.29) is 6.61 Å². The van der Waals surface area contributed by atoms with Gasteiger partial charge in [-0.25, -0.2) is 19.6 Å². The van der Waals surface area contributed by atoms with E-state index in [2.05, 4.69) is 20.6 Å². The molecule has 1 amide bonds. The molecule has 8 heteroatoms. The molecular weight excluding hydrogens is 300 g/mol. The van der Waals surface area contributed by atoms with E-state index < -0.39 is 23.7 Å². The number of ether oxygens (including phenoxy) is 2. The summed E-state index contributed by atoms with van der Waals surface area (Å²) in [5, 5.41) is 5.42. The van der Waals surface area contributed by atoms with Gasteiger partial charge in [0.2, 0.25) is 5.95 Å². The van der Waals surface area contributed by atoms with E-state index >= 15 is 0 Å². The minimum absolute atomic E-state index is 0.142. The van der Waals surface area contributed by atoms with Crippen LogP contribution in [0.4, 0.5) is 10.7 Å². The van der Waals surface area contributed by atoms with Crippen molar-refractivity contribution in [1.82, 2.24) is 15.3 Å². The smallest absolute Gasteiger partial charge is 0.408 e. The topological polar surface area (TPSA) is 102 Å². The molecule has 0 aliphatic rings. The highest BCUT2D eigenvalue weighted by atomic mass is 16.6. The molecule has 1 aromatic rings. The van der Waals surface area contributed by atoms with Crippen molar-refractivity contribution in [3.05, 3.63) is 18.5 Å². The fourth-order valence-corrected chi connectivity index (χ4v) is 1.58. The predicted octanol–water partition coefficient (Wildman–Crippen LogP) is 1.73. The van der Waals surface area contributed by atoms with Crippen LogP contribution in [-0.2, 0) is 14.3 Å². The molecule has 0 spiro atoms. The van der Waals surface area contributed by atoms with E-state index in [4.69, 9.17) is 9.47 Å². The maximum absolute atomic E-state index is 11.9. The van der Waals surface area contributed by atoms with Gasteiger partial charge in [0.05, 0.1) is 6.54 Å². The molecule has 8 nitrogen and oxygen atoms in total. The molecule has 0 fully saturated rings. The van der Waals surface area contributed by atoms with Crippen molar-refractivity contribution in [2.45, 2.75) is 45.8 Å². The highest BCUT2D eigenvalue weighted by molar-refractivity contribution is 5.81. The first kappa shape index (κ1) is 18.7. The summed E-state index contributed by atoms with van der Waals surface area (Å²) in [6, 6.07) is 0.970. The van der Waals surface area contributed by atoms with Gasteiger partial charge in [0.15, 0.2) is 0 Å². The molecule has 0 aromatic carbocycles. The molecule has 1 rings (SSSR count). The summed E-state index contributed by atoms with van der Waals surface area (Å²) >= 11 is 0. The average molecular weight is 324 g/mol. The summed E-state index contributed by atoms with van der Waals surface area (Å²) in [6.45, 7) is 7.55. The lowest BCUT2D eigenvalue weighted by Crippen LogP contribution is -2.44. The minimum Gasteiger partial charge on any atom is -0.462 e. The van der Waals surface area contributed by atoms with Crippen LogP contribution in [0.2, 0.25) is 0 Å². The van der Waals surface area contributed by atoms with Crippen LogP contribution in [0.25, 0.3) is 0 Å². The lowest BCUT2D eigenvalue weighted by Gasteiger charge is -2.22. The number of hydrogen-bond acceptors (Lipinski definition) is 7. The van der Waals surface area contributed by atoms with Gasteiger partial charge in [-0.15, -0.1) is 0 Å². The van der Waals surface area contributed by atoms with Crippen LogP contribution in [-0.4, -0.2) is 46.8 Å². The standard InChI is InChI=1S/C15H24N4O4/c1-5-11(19-14(21)23-15(2,3)4)12(20)22-10-9-18-13-16-7-6-8-17-13/h6-8,11H,5,9-10H2,1-4H3,(H,19,21)(H,16,17,18)/t11-/m0/s1. The van der Waals surface area contributed by atoms with Crippen LogP contribution in [0.1, 0.15) is 34.1 Å². The monoisotopic (exact) mass is 324 g/mol. The molecule has 1 heterocycles. The van der Waals surface area contributed by atoms with Gasteiger partial charge in [0, 0.05) is 12.4 Å². The van der Waals surface area contributed by atoms with E-state index in [0.717, 1.165) is 0 Å². The number of amides is 1. The third-order valence-electron chi connectivity index (χ3n) is 2.58. The quantitative estimate of drug-likeness (QED) is 0.581. The predicted molar refractivity (Wildman–Crippen MR) is 84.9 cm³/mol. The van der Waals surface area contributed by atoms with Gasteiger partial charge in [0.25, 0.3) is 0 Å². The summed E-state index contributed by atoms with van der Waals surface area (Å²) in [6.07, 6.45) is 2.99. The van der Waals surface area contributed by atoms with Gasteiger partial charge >= 0.3 is 12.1 Å². The second kappa shape index (κ2) is 8.92. The number of carbonyl (C=O) groups excluding carboxylic acids is 2. The van der Waals surface area contributed by atoms with Crippen molar-refractivity contribution in [1.29, 1.82) is 0 Å². The molecule has 0 bridgehead atoms. The molecule has 23 heavy (non-hydrogen) atoms. The molecular formula is C15H24N4O4. The Morgan fingerprint density at radius 1 is 1.26 bits per heavy atom. The van der Waals surface area contributed by atoms with Crippen LogP contribution in [0.5, 0.6) is 0 Å². The minimum atomic E-state index is -0.738. The third-order valence-corrected chi connectivity index (χ3v) is 2.58. The molecule has 0 radical (unpaired) electrons. The Morgan fingerprint density at radius 3 is 2.48 bits per heavy atom. The normalized spacial score (nSPS) is 12.2. The third kappa shape index (κ3) is 7.98. The van der Waals surface area contributed by atoms with E-state index in [1.54, 1.807) is 46.2 Å². The van der Waals surface area contributed by atoms with Crippen LogP contribution in [0.15, 0.2) is 18.5 Å². The number of anilines is 1. The number of carbonyl (C=O) groups is 2. The fraction of sp³-hybridized carbons (Fsp3) is 0.600. The molecule has 0 aliphatic carbocycles. The molecule has 1 aromatic heterocycles. The molecule has 0 saturated heterocycles. The van der Waals surface area contributed by atoms with Gasteiger partial charge in [-0.05, 0) is 33.3 Å². The highest BCUT2D eigenvalue weighted by Crippen LogP contribution is 2.07.